The fourth-order valence-corrected chi connectivity index (χ4v) is 2.92. The summed E-state index contributed by atoms with van der Waals surface area (Å²) in [4.78, 5) is 0. The molecule has 1 heteroatoms. The highest BCUT2D eigenvalue weighted by Crippen LogP contribution is 2.30. The number of rotatable bonds is 6. The van der Waals surface area contributed by atoms with Crippen LogP contribution < -0.4 is 5.32 Å². The number of hydrogen-bond donors (Lipinski definition) is 1. The predicted molar refractivity (Wildman–Crippen MR) is 79.0 cm³/mol. The lowest BCUT2D eigenvalue weighted by molar-refractivity contribution is 0.460. The number of benzene rings is 1. The van der Waals surface area contributed by atoms with Crippen LogP contribution in [-0.4, -0.2) is 6.54 Å². The molecule has 1 aromatic rings. The summed E-state index contributed by atoms with van der Waals surface area (Å²) in [7, 11) is 0. The number of aryl methyl sites for hydroxylation is 2. The molecule has 0 saturated carbocycles. The fraction of sp³-hybridized carbons (Fsp3) is 0.647. The van der Waals surface area contributed by atoms with E-state index in [1.54, 1.807) is 11.1 Å². The summed E-state index contributed by atoms with van der Waals surface area (Å²) in [6.07, 6.45) is 8.98. The Kier molecular flexibility index (Phi) is 5.25. The Bertz CT molecular complexity index is 370. The van der Waals surface area contributed by atoms with Crippen molar-refractivity contribution < 1.29 is 0 Å². The van der Waals surface area contributed by atoms with Crippen molar-refractivity contribution in [3.8, 4) is 0 Å². The summed E-state index contributed by atoms with van der Waals surface area (Å²) >= 11 is 0. The topological polar surface area (TPSA) is 12.0 Å². The van der Waals surface area contributed by atoms with Crippen molar-refractivity contribution in [2.24, 2.45) is 0 Å². The maximum atomic E-state index is 3.71. The maximum Gasteiger partial charge on any atom is 0.0323 e. The summed E-state index contributed by atoms with van der Waals surface area (Å²) in [6, 6.07) is 7.80. The molecule has 1 atom stereocenters. The van der Waals surface area contributed by atoms with E-state index in [0.29, 0.717) is 6.04 Å². The maximum absolute atomic E-state index is 3.71. The van der Waals surface area contributed by atoms with Crippen LogP contribution in [0.2, 0.25) is 0 Å². The van der Waals surface area contributed by atoms with Crippen LogP contribution in [0.25, 0.3) is 0 Å². The van der Waals surface area contributed by atoms with Crippen molar-refractivity contribution in [3.05, 3.63) is 34.9 Å². The average molecular weight is 245 g/mol. The summed E-state index contributed by atoms with van der Waals surface area (Å²) in [5.74, 6) is 0. The molecule has 100 valence electrons. The molecular weight excluding hydrogens is 218 g/mol. The molecule has 0 radical (unpaired) electrons. The van der Waals surface area contributed by atoms with Crippen molar-refractivity contribution in [1.29, 1.82) is 0 Å². The molecular formula is C17H27N. The molecule has 0 aliphatic heterocycles. The van der Waals surface area contributed by atoms with Crippen LogP contribution in [0.5, 0.6) is 0 Å². The van der Waals surface area contributed by atoms with Gasteiger partial charge in [0.15, 0.2) is 0 Å². The van der Waals surface area contributed by atoms with Crippen molar-refractivity contribution >= 4 is 0 Å². The van der Waals surface area contributed by atoms with Gasteiger partial charge in [-0.1, -0.05) is 38.5 Å². The number of fused-ring (bicyclic) bond motifs is 1. The highest BCUT2D eigenvalue weighted by molar-refractivity contribution is 5.36. The highest BCUT2D eigenvalue weighted by atomic mass is 14.9. The Morgan fingerprint density at radius 2 is 2.11 bits per heavy atom. The van der Waals surface area contributed by atoms with E-state index in [1.165, 1.54) is 50.5 Å². The van der Waals surface area contributed by atoms with Crippen LogP contribution in [0.1, 0.15) is 68.7 Å². The van der Waals surface area contributed by atoms with Crippen LogP contribution in [0, 0.1) is 0 Å². The normalized spacial score (nSPS) is 18.7. The molecule has 2 rings (SSSR count). The van der Waals surface area contributed by atoms with E-state index in [9.17, 15) is 0 Å². The third kappa shape index (κ3) is 3.35. The van der Waals surface area contributed by atoms with E-state index in [4.69, 9.17) is 0 Å². The van der Waals surface area contributed by atoms with Gasteiger partial charge in [0.25, 0.3) is 0 Å². The Balaban J connectivity index is 2.12. The van der Waals surface area contributed by atoms with Gasteiger partial charge in [-0.2, -0.15) is 0 Å². The molecule has 0 saturated heterocycles. The third-order valence-electron chi connectivity index (χ3n) is 3.98. The Labute approximate surface area is 112 Å². The molecule has 0 fully saturated rings. The minimum absolute atomic E-state index is 0.607. The summed E-state index contributed by atoms with van der Waals surface area (Å²) < 4.78 is 0. The van der Waals surface area contributed by atoms with Crippen molar-refractivity contribution in [3.63, 3.8) is 0 Å². The summed E-state index contributed by atoms with van der Waals surface area (Å²) in [5.41, 5.74) is 4.69. The number of nitrogens with one attached hydrogen (secondary N) is 1. The number of unbranched alkanes of at least 4 members (excludes halogenated alkanes) is 1. The Morgan fingerprint density at radius 1 is 1.22 bits per heavy atom. The van der Waals surface area contributed by atoms with Gasteiger partial charge < -0.3 is 5.32 Å². The van der Waals surface area contributed by atoms with Gasteiger partial charge in [-0.05, 0) is 61.8 Å². The first kappa shape index (κ1) is 13.6. The zero-order chi connectivity index (χ0) is 12.8. The number of hydrogen-bond acceptors (Lipinski definition) is 1. The van der Waals surface area contributed by atoms with Crippen LogP contribution in [0.3, 0.4) is 0 Å². The minimum atomic E-state index is 0.607. The molecule has 1 aromatic carbocycles. The molecule has 0 heterocycles. The smallest absolute Gasteiger partial charge is 0.0323 e. The van der Waals surface area contributed by atoms with E-state index < -0.39 is 0 Å². The first-order valence-corrected chi connectivity index (χ1v) is 7.70. The zero-order valence-corrected chi connectivity index (χ0v) is 12.0. The molecule has 1 unspecified atom stereocenters. The van der Waals surface area contributed by atoms with Crippen LogP contribution in [0.4, 0.5) is 0 Å². The summed E-state index contributed by atoms with van der Waals surface area (Å²) in [6.45, 7) is 5.65. The molecule has 0 amide bonds. The second-order valence-corrected chi connectivity index (χ2v) is 5.54. The monoisotopic (exact) mass is 245 g/mol. The van der Waals surface area contributed by atoms with Crippen molar-refractivity contribution in [1.82, 2.24) is 5.32 Å². The van der Waals surface area contributed by atoms with Gasteiger partial charge in [-0.15, -0.1) is 0 Å². The zero-order valence-electron chi connectivity index (χ0n) is 12.0. The molecule has 18 heavy (non-hydrogen) atoms. The van der Waals surface area contributed by atoms with Gasteiger partial charge >= 0.3 is 0 Å². The largest absolute Gasteiger partial charge is 0.310 e. The Morgan fingerprint density at radius 3 is 2.89 bits per heavy atom. The standard InChI is InChI=1S/C17H27N/c1-3-5-7-14-10-11-15-8-6-9-17(16(15)13-14)18-12-4-2/h10-11,13,17-18H,3-9,12H2,1-2H3. The van der Waals surface area contributed by atoms with E-state index in [0.717, 1.165) is 6.54 Å². The molecule has 1 nitrogen and oxygen atoms in total. The van der Waals surface area contributed by atoms with Crippen LogP contribution >= 0.6 is 0 Å². The highest BCUT2D eigenvalue weighted by Gasteiger charge is 2.19. The fourth-order valence-electron chi connectivity index (χ4n) is 2.92. The van der Waals surface area contributed by atoms with Gasteiger partial charge in [0.1, 0.15) is 0 Å². The third-order valence-corrected chi connectivity index (χ3v) is 3.98. The van der Waals surface area contributed by atoms with E-state index in [1.807, 2.05) is 0 Å². The SMILES string of the molecule is CCCCc1ccc2c(c1)C(NCCC)CCC2. The van der Waals surface area contributed by atoms with Gasteiger partial charge in [0.05, 0.1) is 0 Å². The van der Waals surface area contributed by atoms with E-state index in [-0.39, 0.29) is 0 Å². The molecule has 1 aliphatic rings. The van der Waals surface area contributed by atoms with Crippen LogP contribution in [-0.2, 0) is 12.8 Å². The lowest BCUT2D eigenvalue weighted by atomic mass is 9.86. The molecule has 0 aromatic heterocycles. The van der Waals surface area contributed by atoms with Gasteiger partial charge in [-0.25, -0.2) is 0 Å². The first-order chi connectivity index (χ1) is 8.85. The average Bonchev–Trinajstić information content (AvgIpc) is 2.42. The lowest BCUT2D eigenvalue weighted by Crippen LogP contribution is -2.26. The quantitative estimate of drug-likeness (QED) is 0.783. The second-order valence-electron chi connectivity index (χ2n) is 5.54. The van der Waals surface area contributed by atoms with Crippen molar-refractivity contribution in [2.75, 3.05) is 6.54 Å². The van der Waals surface area contributed by atoms with Gasteiger partial charge in [0.2, 0.25) is 0 Å². The second kappa shape index (κ2) is 6.94. The van der Waals surface area contributed by atoms with Crippen molar-refractivity contribution in [2.45, 2.75) is 64.8 Å². The van der Waals surface area contributed by atoms with Crippen LogP contribution in [0.15, 0.2) is 18.2 Å². The van der Waals surface area contributed by atoms with E-state index >= 15 is 0 Å². The lowest BCUT2D eigenvalue weighted by Gasteiger charge is -2.27. The van der Waals surface area contributed by atoms with E-state index in [2.05, 4.69) is 37.4 Å². The molecule has 0 bridgehead atoms. The molecule has 0 spiro atoms. The van der Waals surface area contributed by atoms with Gasteiger partial charge in [-0.3, -0.25) is 0 Å². The van der Waals surface area contributed by atoms with Gasteiger partial charge in [0, 0.05) is 6.04 Å². The molecule has 1 aliphatic carbocycles. The first-order valence-electron chi connectivity index (χ1n) is 7.70. The summed E-state index contributed by atoms with van der Waals surface area (Å²) in [5, 5.41) is 3.71. The predicted octanol–water partition coefficient (Wildman–Crippen LogP) is 4.41. The Hall–Kier alpha value is -0.820. The molecule has 1 N–H and O–H groups in total. The minimum Gasteiger partial charge on any atom is -0.310 e.